The van der Waals surface area contributed by atoms with Crippen LogP contribution in [-0.2, 0) is 38.7 Å². The molecule has 6 atom stereocenters. The Morgan fingerprint density at radius 3 is 1.53 bits per heavy atom. The minimum atomic E-state index is -4.60. The first-order valence-electron chi connectivity index (χ1n) is 21.7. The molecule has 12 nitrogen and oxygen atoms in total. The van der Waals surface area contributed by atoms with E-state index in [0.717, 1.165) is 44.9 Å². The summed E-state index contributed by atoms with van der Waals surface area (Å²) in [6.07, 6.45) is 24.0. The van der Waals surface area contributed by atoms with E-state index in [1.165, 1.54) is 103 Å². The number of unbranched alkanes of at least 4 members (excludes halogenated alkanes) is 22. The smallest absolute Gasteiger partial charge is 0.306 e. The van der Waals surface area contributed by atoms with Crippen molar-refractivity contribution in [1.29, 1.82) is 0 Å². The largest absolute Gasteiger partial charge is 0.462 e. The van der Waals surface area contributed by atoms with Crippen molar-refractivity contribution >= 4 is 22.1 Å². The monoisotopic (exact) mass is 807 g/mol. The number of carbonyl (C=O) groups is 2. The van der Waals surface area contributed by atoms with Gasteiger partial charge in [-0.2, -0.15) is 8.42 Å². The van der Waals surface area contributed by atoms with E-state index in [2.05, 4.69) is 26.0 Å². The second-order valence-electron chi connectivity index (χ2n) is 15.4. The molecule has 1 fully saturated rings. The molecule has 0 amide bonds. The Balaban J connectivity index is 2.48. The van der Waals surface area contributed by atoms with Crippen LogP contribution in [0.4, 0.5) is 0 Å². The predicted molar refractivity (Wildman–Crippen MR) is 215 cm³/mol. The highest BCUT2D eigenvalue weighted by Crippen LogP contribution is 2.24. The summed E-state index contributed by atoms with van der Waals surface area (Å²) < 4.78 is 53.9. The molecule has 0 bridgehead atoms. The molecule has 1 rings (SSSR count). The molecule has 0 spiro atoms. The topological polar surface area (TPSA) is 186 Å². The van der Waals surface area contributed by atoms with Gasteiger partial charge in [0.2, 0.25) is 0 Å². The van der Waals surface area contributed by atoms with Gasteiger partial charge in [0.15, 0.2) is 12.4 Å². The van der Waals surface area contributed by atoms with Crippen molar-refractivity contribution in [3.05, 3.63) is 12.2 Å². The molecule has 0 aromatic rings. The first-order chi connectivity index (χ1) is 26.5. The van der Waals surface area contributed by atoms with Gasteiger partial charge in [0.05, 0.1) is 6.61 Å². The van der Waals surface area contributed by atoms with Crippen LogP contribution in [0.2, 0.25) is 0 Å². The number of esters is 2. The van der Waals surface area contributed by atoms with Crippen LogP contribution in [0.5, 0.6) is 0 Å². The molecule has 1 aliphatic heterocycles. The minimum absolute atomic E-state index is 0.166. The molecule has 0 saturated carbocycles. The van der Waals surface area contributed by atoms with E-state index in [4.69, 9.17) is 18.9 Å². The highest BCUT2D eigenvalue weighted by atomic mass is 32.2. The third-order valence-electron chi connectivity index (χ3n) is 10.1. The average molecular weight is 807 g/mol. The molecule has 2 unspecified atom stereocenters. The van der Waals surface area contributed by atoms with E-state index >= 15 is 0 Å². The summed E-state index contributed by atoms with van der Waals surface area (Å²) in [6.45, 7) is 3.74. The van der Waals surface area contributed by atoms with Gasteiger partial charge in [0.25, 0.3) is 10.1 Å². The fourth-order valence-electron chi connectivity index (χ4n) is 6.67. The fourth-order valence-corrected chi connectivity index (χ4v) is 7.36. The average Bonchev–Trinajstić information content (AvgIpc) is 3.14. The van der Waals surface area contributed by atoms with Crippen LogP contribution in [0.1, 0.15) is 187 Å². The van der Waals surface area contributed by atoms with Crippen molar-refractivity contribution in [3.63, 3.8) is 0 Å². The van der Waals surface area contributed by atoms with Crippen molar-refractivity contribution < 1.29 is 56.8 Å². The van der Waals surface area contributed by atoms with E-state index < -0.39 is 71.2 Å². The Bertz CT molecular complexity index is 1080. The molecule has 4 N–H and O–H groups in total. The lowest BCUT2D eigenvalue weighted by Gasteiger charge is -2.40. The van der Waals surface area contributed by atoms with Crippen molar-refractivity contribution in [2.45, 2.75) is 224 Å². The number of allylic oxidation sites excluding steroid dienone is 2. The minimum Gasteiger partial charge on any atom is -0.462 e. The molecule has 1 heterocycles. The summed E-state index contributed by atoms with van der Waals surface area (Å²) in [6, 6.07) is 0. The van der Waals surface area contributed by atoms with Gasteiger partial charge in [-0.3, -0.25) is 14.1 Å². The van der Waals surface area contributed by atoms with Crippen molar-refractivity contribution in [2.75, 3.05) is 19.0 Å². The van der Waals surface area contributed by atoms with Gasteiger partial charge in [-0.15, -0.1) is 0 Å². The van der Waals surface area contributed by atoms with Crippen molar-refractivity contribution in [3.8, 4) is 0 Å². The molecular formula is C42H78O12S. The van der Waals surface area contributed by atoms with Crippen molar-refractivity contribution in [1.82, 2.24) is 0 Å². The summed E-state index contributed by atoms with van der Waals surface area (Å²) in [5.41, 5.74) is 0. The van der Waals surface area contributed by atoms with Crippen LogP contribution in [-0.4, -0.2) is 96.0 Å². The molecule has 1 aliphatic rings. The maximum absolute atomic E-state index is 12.8. The number of rotatable bonds is 36. The van der Waals surface area contributed by atoms with Gasteiger partial charge in [-0.25, -0.2) is 0 Å². The van der Waals surface area contributed by atoms with Gasteiger partial charge >= 0.3 is 11.9 Å². The molecule has 0 aliphatic carbocycles. The van der Waals surface area contributed by atoms with Crippen LogP contribution < -0.4 is 0 Å². The normalized spacial score (nSPS) is 20.9. The van der Waals surface area contributed by atoms with Crippen LogP contribution in [0, 0.1) is 0 Å². The van der Waals surface area contributed by atoms with Gasteiger partial charge in [-0.1, -0.05) is 148 Å². The highest BCUT2D eigenvalue weighted by Gasteiger charge is 2.46. The summed E-state index contributed by atoms with van der Waals surface area (Å²) in [5, 5.41) is 30.8. The molecular weight excluding hydrogens is 729 g/mol. The fraction of sp³-hybridized carbons (Fsp3) is 0.905. The third-order valence-corrected chi connectivity index (χ3v) is 10.8. The SMILES string of the molecule is CCCCCCCC/C=C/CCCCCC(=O)OC[C@H](CO[C@H]1O[C@H](CS(=O)(=O)O)[C@@H](O)C(O)C1O)OC(=O)CCCCCCCCCCCCCCCC. The maximum Gasteiger partial charge on any atom is 0.306 e. The van der Waals surface area contributed by atoms with E-state index in [1.807, 2.05) is 0 Å². The van der Waals surface area contributed by atoms with Crippen LogP contribution in [0.15, 0.2) is 12.2 Å². The number of carbonyl (C=O) groups excluding carboxylic acids is 2. The number of aliphatic hydroxyl groups is 3. The van der Waals surface area contributed by atoms with Crippen LogP contribution in [0.3, 0.4) is 0 Å². The van der Waals surface area contributed by atoms with Gasteiger partial charge < -0.3 is 34.3 Å². The number of aliphatic hydroxyl groups excluding tert-OH is 3. The quantitative estimate of drug-likeness (QED) is 0.0206. The molecule has 324 valence electrons. The third kappa shape index (κ3) is 28.4. The second-order valence-corrected chi connectivity index (χ2v) is 16.9. The standard InChI is InChI=1S/C42H78O12S/c1-3-5-7-9-11-13-15-17-19-21-23-25-27-29-31-38(44)53-35(33-52-42-41(47)40(46)39(45)36(54-42)34-55(48,49)50)32-51-37(43)30-28-26-24-22-20-18-16-14-12-10-8-6-4-2/h18,20,35-36,39-42,45-47H,3-17,19,21-34H2,1-2H3,(H,48,49,50)/b20-18+/t35-,36-,39-,40?,41?,42+/m1/s1. The van der Waals surface area contributed by atoms with Crippen molar-refractivity contribution in [2.24, 2.45) is 0 Å². The van der Waals surface area contributed by atoms with Gasteiger partial charge in [-0.05, 0) is 38.5 Å². The Morgan fingerprint density at radius 1 is 0.600 bits per heavy atom. The Kier molecular flexibility index (Phi) is 31.2. The van der Waals surface area contributed by atoms with E-state index in [0.29, 0.717) is 12.8 Å². The Morgan fingerprint density at radius 2 is 1.04 bits per heavy atom. The molecule has 0 radical (unpaired) electrons. The Labute approximate surface area is 333 Å². The van der Waals surface area contributed by atoms with E-state index in [1.54, 1.807) is 0 Å². The predicted octanol–water partition coefficient (Wildman–Crippen LogP) is 8.28. The second kappa shape index (κ2) is 33.4. The first kappa shape index (κ1) is 51.4. The Hall–Kier alpha value is -1.61. The van der Waals surface area contributed by atoms with E-state index in [-0.39, 0.29) is 19.4 Å². The first-order valence-corrected chi connectivity index (χ1v) is 23.4. The molecule has 1 saturated heterocycles. The van der Waals surface area contributed by atoms with Crippen LogP contribution in [0.25, 0.3) is 0 Å². The summed E-state index contributed by atoms with van der Waals surface area (Å²) in [5.74, 6) is -1.99. The maximum atomic E-state index is 12.8. The molecule has 0 aromatic carbocycles. The number of hydrogen-bond acceptors (Lipinski definition) is 11. The summed E-state index contributed by atoms with van der Waals surface area (Å²) in [7, 11) is -4.60. The van der Waals surface area contributed by atoms with Crippen LogP contribution >= 0.6 is 0 Å². The lowest BCUT2D eigenvalue weighted by Crippen LogP contribution is -2.60. The highest BCUT2D eigenvalue weighted by molar-refractivity contribution is 7.85. The zero-order chi connectivity index (χ0) is 40.6. The lowest BCUT2D eigenvalue weighted by molar-refractivity contribution is -0.297. The van der Waals surface area contributed by atoms with Gasteiger partial charge in [0, 0.05) is 12.8 Å². The number of ether oxygens (including phenoxy) is 4. The van der Waals surface area contributed by atoms with E-state index in [9.17, 15) is 37.9 Å². The zero-order valence-electron chi connectivity index (χ0n) is 34.3. The molecule has 0 aromatic heterocycles. The zero-order valence-corrected chi connectivity index (χ0v) is 35.1. The summed E-state index contributed by atoms with van der Waals surface area (Å²) >= 11 is 0. The molecule has 55 heavy (non-hydrogen) atoms. The van der Waals surface area contributed by atoms with Gasteiger partial charge in [0.1, 0.15) is 36.8 Å². The lowest BCUT2D eigenvalue weighted by atomic mass is 10.00. The summed E-state index contributed by atoms with van der Waals surface area (Å²) in [4.78, 5) is 25.3. The molecule has 13 heteroatoms. The number of hydrogen-bond donors (Lipinski definition) is 4.